The van der Waals surface area contributed by atoms with Gasteiger partial charge in [0.05, 0.1) is 30.7 Å². The SMILES string of the molecule is Cc1ccc(CC(=O)Nc2cnn(-c3ncncc3N3CCC(C)CC3)c2)cc1. The minimum Gasteiger partial charge on any atom is -0.367 e. The molecule has 3 aromatic rings. The highest BCUT2D eigenvalue weighted by Crippen LogP contribution is 2.26. The predicted molar refractivity (Wildman–Crippen MR) is 113 cm³/mol. The summed E-state index contributed by atoms with van der Waals surface area (Å²) in [5.74, 6) is 1.41. The Balaban J connectivity index is 1.46. The highest BCUT2D eigenvalue weighted by molar-refractivity contribution is 5.92. The molecule has 4 rings (SSSR count). The van der Waals surface area contributed by atoms with E-state index >= 15 is 0 Å². The van der Waals surface area contributed by atoms with E-state index in [-0.39, 0.29) is 5.91 Å². The van der Waals surface area contributed by atoms with Crippen molar-refractivity contribution in [3.8, 4) is 5.82 Å². The lowest BCUT2D eigenvalue weighted by Crippen LogP contribution is -2.33. The number of piperidine rings is 1. The largest absolute Gasteiger partial charge is 0.367 e. The second-order valence-corrected chi connectivity index (χ2v) is 7.79. The second-order valence-electron chi connectivity index (χ2n) is 7.79. The van der Waals surface area contributed by atoms with Crippen LogP contribution in [0.15, 0.2) is 49.2 Å². The molecule has 0 spiro atoms. The quantitative estimate of drug-likeness (QED) is 0.723. The molecular formula is C22H26N6O. The highest BCUT2D eigenvalue weighted by atomic mass is 16.1. The minimum atomic E-state index is -0.0682. The van der Waals surface area contributed by atoms with Crippen LogP contribution >= 0.6 is 0 Å². The predicted octanol–water partition coefficient (Wildman–Crippen LogP) is 3.39. The van der Waals surface area contributed by atoms with Gasteiger partial charge in [0.1, 0.15) is 12.0 Å². The Bertz CT molecular complexity index is 973. The second kappa shape index (κ2) is 8.43. The van der Waals surface area contributed by atoms with Crippen molar-refractivity contribution < 1.29 is 4.79 Å². The molecule has 1 aromatic carbocycles. The molecule has 0 radical (unpaired) electrons. The molecule has 1 amide bonds. The molecule has 0 bridgehead atoms. The van der Waals surface area contributed by atoms with Gasteiger partial charge in [-0.2, -0.15) is 5.10 Å². The molecule has 0 atom stereocenters. The Morgan fingerprint density at radius 2 is 1.93 bits per heavy atom. The zero-order valence-electron chi connectivity index (χ0n) is 16.9. The molecule has 0 aliphatic carbocycles. The van der Waals surface area contributed by atoms with Crippen molar-refractivity contribution in [1.29, 1.82) is 0 Å². The van der Waals surface area contributed by atoms with Gasteiger partial charge in [-0.05, 0) is 31.2 Å². The molecule has 7 heteroatoms. The number of aryl methyl sites for hydroxylation is 1. The van der Waals surface area contributed by atoms with Crippen LogP contribution in [-0.2, 0) is 11.2 Å². The molecule has 29 heavy (non-hydrogen) atoms. The van der Waals surface area contributed by atoms with Crippen molar-refractivity contribution in [1.82, 2.24) is 19.7 Å². The summed E-state index contributed by atoms with van der Waals surface area (Å²) in [4.78, 5) is 23.3. The van der Waals surface area contributed by atoms with Crippen LogP contribution in [0.2, 0.25) is 0 Å². The first-order valence-corrected chi connectivity index (χ1v) is 10.0. The zero-order valence-corrected chi connectivity index (χ0v) is 16.9. The fraction of sp³-hybridized carbons (Fsp3) is 0.364. The van der Waals surface area contributed by atoms with E-state index in [0.29, 0.717) is 12.1 Å². The van der Waals surface area contributed by atoms with Gasteiger partial charge in [-0.1, -0.05) is 36.8 Å². The van der Waals surface area contributed by atoms with Crippen molar-refractivity contribution in [3.05, 3.63) is 60.3 Å². The zero-order chi connectivity index (χ0) is 20.2. The van der Waals surface area contributed by atoms with Crippen LogP contribution < -0.4 is 10.2 Å². The van der Waals surface area contributed by atoms with Gasteiger partial charge in [-0.3, -0.25) is 4.79 Å². The molecule has 7 nitrogen and oxygen atoms in total. The molecule has 2 aromatic heterocycles. The number of anilines is 2. The van der Waals surface area contributed by atoms with Crippen molar-refractivity contribution in [2.45, 2.75) is 33.1 Å². The third-order valence-corrected chi connectivity index (χ3v) is 5.37. The smallest absolute Gasteiger partial charge is 0.228 e. The van der Waals surface area contributed by atoms with E-state index < -0.39 is 0 Å². The maximum absolute atomic E-state index is 12.4. The number of hydrogen-bond donors (Lipinski definition) is 1. The lowest BCUT2D eigenvalue weighted by atomic mass is 9.99. The standard InChI is InChI=1S/C22H26N6O/c1-16-3-5-18(6-4-16)11-21(29)26-19-12-25-28(14-19)22-20(13-23-15-24-22)27-9-7-17(2)8-10-27/h3-6,12-15,17H,7-11H2,1-2H3,(H,26,29). The summed E-state index contributed by atoms with van der Waals surface area (Å²) in [6, 6.07) is 7.98. The van der Waals surface area contributed by atoms with Crippen molar-refractivity contribution >= 4 is 17.3 Å². The van der Waals surface area contributed by atoms with E-state index in [1.807, 2.05) is 37.4 Å². The highest BCUT2D eigenvalue weighted by Gasteiger charge is 2.20. The van der Waals surface area contributed by atoms with Crippen LogP contribution in [0, 0.1) is 12.8 Å². The Hall–Kier alpha value is -3.22. The third kappa shape index (κ3) is 4.62. The summed E-state index contributed by atoms with van der Waals surface area (Å²) in [7, 11) is 0. The number of carbonyl (C=O) groups excluding carboxylic acids is 1. The molecule has 1 aliphatic rings. The Morgan fingerprint density at radius 3 is 2.69 bits per heavy atom. The Kier molecular flexibility index (Phi) is 5.55. The summed E-state index contributed by atoms with van der Waals surface area (Å²) in [6.45, 7) is 6.30. The number of nitrogens with one attached hydrogen (secondary N) is 1. The molecule has 1 saturated heterocycles. The van der Waals surface area contributed by atoms with E-state index in [4.69, 9.17) is 0 Å². The topological polar surface area (TPSA) is 75.9 Å². The maximum Gasteiger partial charge on any atom is 0.228 e. The van der Waals surface area contributed by atoms with Crippen LogP contribution in [0.25, 0.3) is 5.82 Å². The van der Waals surface area contributed by atoms with E-state index in [1.54, 1.807) is 17.1 Å². The number of amides is 1. The van der Waals surface area contributed by atoms with Crippen LogP contribution in [0.4, 0.5) is 11.4 Å². The lowest BCUT2D eigenvalue weighted by molar-refractivity contribution is -0.115. The lowest BCUT2D eigenvalue weighted by Gasteiger charge is -2.32. The van der Waals surface area contributed by atoms with E-state index in [1.165, 1.54) is 11.9 Å². The number of carbonyl (C=O) groups is 1. The van der Waals surface area contributed by atoms with E-state index in [9.17, 15) is 4.79 Å². The van der Waals surface area contributed by atoms with Crippen LogP contribution in [0.3, 0.4) is 0 Å². The summed E-state index contributed by atoms with van der Waals surface area (Å²) in [6.07, 6.45) is 9.47. The van der Waals surface area contributed by atoms with E-state index in [0.717, 1.165) is 48.9 Å². The van der Waals surface area contributed by atoms with E-state index in [2.05, 4.69) is 32.2 Å². The van der Waals surface area contributed by atoms with Gasteiger partial charge in [0.25, 0.3) is 0 Å². The molecule has 1 aliphatic heterocycles. The van der Waals surface area contributed by atoms with Gasteiger partial charge in [-0.25, -0.2) is 14.6 Å². The molecule has 1 N–H and O–H groups in total. The number of hydrogen-bond acceptors (Lipinski definition) is 5. The summed E-state index contributed by atoms with van der Waals surface area (Å²) >= 11 is 0. The van der Waals surface area contributed by atoms with Gasteiger partial charge in [0.2, 0.25) is 5.91 Å². The normalized spacial score (nSPS) is 14.8. The molecule has 1 fully saturated rings. The Labute approximate surface area is 170 Å². The maximum atomic E-state index is 12.4. The molecule has 0 unspecified atom stereocenters. The van der Waals surface area contributed by atoms with Crippen molar-refractivity contribution in [3.63, 3.8) is 0 Å². The first-order chi connectivity index (χ1) is 14.1. The third-order valence-electron chi connectivity index (χ3n) is 5.37. The number of benzene rings is 1. The van der Waals surface area contributed by atoms with Gasteiger partial charge in [0.15, 0.2) is 5.82 Å². The van der Waals surface area contributed by atoms with Gasteiger partial charge in [0, 0.05) is 13.1 Å². The number of rotatable bonds is 5. The average Bonchev–Trinajstić information content (AvgIpc) is 3.18. The van der Waals surface area contributed by atoms with Gasteiger partial charge in [-0.15, -0.1) is 0 Å². The van der Waals surface area contributed by atoms with Crippen molar-refractivity contribution in [2.24, 2.45) is 5.92 Å². The summed E-state index contributed by atoms with van der Waals surface area (Å²) in [5, 5.41) is 7.33. The first kappa shape index (κ1) is 19.1. The minimum absolute atomic E-state index is 0.0682. The fourth-order valence-electron chi connectivity index (χ4n) is 3.56. The van der Waals surface area contributed by atoms with Crippen LogP contribution in [0.1, 0.15) is 30.9 Å². The van der Waals surface area contributed by atoms with Crippen LogP contribution in [0.5, 0.6) is 0 Å². The number of nitrogens with zero attached hydrogens (tertiary/aromatic N) is 5. The van der Waals surface area contributed by atoms with Gasteiger partial charge >= 0.3 is 0 Å². The number of aromatic nitrogens is 4. The molecule has 150 valence electrons. The Morgan fingerprint density at radius 1 is 1.17 bits per heavy atom. The van der Waals surface area contributed by atoms with Crippen LogP contribution in [-0.4, -0.2) is 38.7 Å². The summed E-state index contributed by atoms with van der Waals surface area (Å²) < 4.78 is 1.70. The fourth-order valence-corrected chi connectivity index (χ4v) is 3.56. The monoisotopic (exact) mass is 390 g/mol. The molecular weight excluding hydrogens is 364 g/mol. The first-order valence-electron chi connectivity index (χ1n) is 10.0. The van der Waals surface area contributed by atoms with Crippen molar-refractivity contribution in [2.75, 3.05) is 23.3 Å². The molecule has 3 heterocycles. The summed E-state index contributed by atoms with van der Waals surface area (Å²) in [5.41, 5.74) is 3.79. The van der Waals surface area contributed by atoms with Gasteiger partial charge < -0.3 is 10.2 Å². The average molecular weight is 390 g/mol. The molecule has 0 saturated carbocycles.